The molecule has 0 saturated heterocycles. The zero-order chi connectivity index (χ0) is 14.5. The van der Waals surface area contributed by atoms with E-state index in [2.05, 4.69) is 23.7 Å². The summed E-state index contributed by atoms with van der Waals surface area (Å²) in [5.41, 5.74) is 0.880. The Morgan fingerprint density at radius 1 is 1.55 bits per heavy atom. The molecule has 1 heterocycles. The van der Waals surface area contributed by atoms with E-state index in [-0.39, 0.29) is 0 Å². The zero-order valence-electron chi connectivity index (χ0n) is 12.1. The molecular weight excluding hydrogens is 252 g/mol. The second-order valence-electron chi connectivity index (χ2n) is 5.69. The fraction of sp³-hybridized carbons (Fsp3) is 0.500. The van der Waals surface area contributed by atoms with Gasteiger partial charge in [0.2, 0.25) is 0 Å². The van der Waals surface area contributed by atoms with Crippen molar-refractivity contribution in [1.82, 2.24) is 4.98 Å². The molecule has 0 atom stereocenters. The highest BCUT2D eigenvalue weighted by atomic mass is 16.4. The number of rotatable bonds is 7. The first-order valence-corrected chi connectivity index (χ1v) is 7.20. The van der Waals surface area contributed by atoms with Crippen molar-refractivity contribution in [3.63, 3.8) is 0 Å². The van der Waals surface area contributed by atoms with Crippen molar-refractivity contribution in [1.29, 1.82) is 0 Å². The van der Waals surface area contributed by atoms with Crippen LogP contribution in [-0.2, 0) is 4.79 Å². The lowest BCUT2D eigenvalue weighted by molar-refractivity contribution is -0.131. The average Bonchev–Trinajstić information content (AvgIpc) is 3.22. The van der Waals surface area contributed by atoms with Crippen molar-refractivity contribution < 1.29 is 9.90 Å². The highest BCUT2D eigenvalue weighted by molar-refractivity contribution is 5.86. The predicted octanol–water partition coefficient (Wildman–Crippen LogP) is 3.19. The Bertz CT molecular complexity index is 493. The molecule has 0 unspecified atom stereocenters. The van der Waals surface area contributed by atoms with E-state index in [1.165, 1.54) is 18.9 Å². The van der Waals surface area contributed by atoms with Gasteiger partial charge in [0.15, 0.2) is 0 Å². The van der Waals surface area contributed by atoms with Crippen molar-refractivity contribution in [3.05, 3.63) is 30.0 Å². The molecular formula is C16H22N2O2. The van der Waals surface area contributed by atoms with Gasteiger partial charge in [-0.2, -0.15) is 0 Å². The Labute approximate surface area is 120 Å². The molecule has 0 amide bonds. The van der Waals surface area contributed by atoms with Crippen molar-refractivity contribution in [2.75, 3.05) is 11.4 Å². The molecule has 2 rings (SSSR count). The number of hydrogen-bond acceptors (Lipinski definition) is 3. The van der Waals surface area contributed by atoms with Crippen LogP contribution in [0.15, 0.2) is 24.4 Å². The number of pyridine rings is 1. The van der Waals surface area contributed by atoms with Crippen LogP contribution in [0.2, 0.25) is 0 Å². The Hall–Kier alpha value is -1.84. The fourth-order valence-corrected chi connectivity index (χ4v) is 2.19. The van der Waals surface area contributed by atoms with Gasteiger partial charge in [-0.15, -0.1) is 0 Å². The minimum Gasteiger partial charge on any atom is -0.478 e. The van der Waals surface area contributed by atoms with Crippen LogP contribution in [-0.4, -0.2) is 28.6 Å². The lowest BCUT2D eigenvalue weighted by Crippen LogP contribution is -2.29. The van der Waals surface area contributed by atoms with Gasteiger partial charge in [-0.05, 0) is 43.4 Å². The van der Waals surface area contributed by atoms with E-state index in [4.69, 9.17) is 5.11 Å². The summed E-state index contributed by atoms with van der Waals surface area (Å²) in [4.78, 5) is 17.5. The van der Waals surface area contributed by atoms with E-state index in [9.17, 15) is 4.79 Å². The third-order valence-corrected chi connectivity index (χ3v) is 3.43. The second kappa shape index (κ2) is 6.55. The SMILES string of the molecule is CC(C)CCN(c1ncccc1/C=C/C(=O)O)C1CC1. The lowest BCUT2D eigenvalue weighted by Gasteiger charge is -2.26. The molecule has 1 fully saturated rings. The van der Waals surface area contributed by atoms with Crippen LogP contribution in [0.5, 0.6) is 0 Å². The number of carboxylic acid groups (broad SMARTS) is 1. The van der Waals surface area contributed by atoms with E-state index in [1.807, 2.05) is 12.1 Å². The number of hydrogen-bond donors (Lipinski definition) is 1. The average molecular weight is 274 g/mol. The zero-order valence-corrected chi connectivity index (χ0v) is 12.1. The summed E-state index contributed by atoms with van der Waals surface area (Å²) in [6, 6.07) is 4.34. The molecule has 1 aromatic rings. The van der Waals surface area contributed by atoms with Crippen LogP contribution < -0.4 is 4.90 Å². The Kier molecular flexibility index (Phi) is 4.77. The van der Waals surface area contributed by atoms with Gasteiger partial charge < -0.3 is 10.0 Å². The third kappa shape index (κ3) is 4.08. The summed E-state index contributed by atoms with van der Waals surface area (Å²) in [6.07, 6.45) is 8.12. The van der Waals surface area contributed by atoms with Gasteiger partial charge >= 0.3 is 5.97 Å². The molecule has 0 radical (unpaired) electrons. The molecule has 4 heteroatoms. The van der Waals surface area contributed by atoms with Gasteiger partial charge in [-0.1, -0.05) is 13.8 Å². The largest absolute Gasteiger partial charge is 0.478 e. The Morgan fingerprint density at radius 3 is 2.90 bits per heavy atom. The monoisotopic (exact) mass is 274 g/mol. The molecule has 1 aliphatic rings. The number of aromatic nitrogens is 1. The number of carbonyl (C=O) groups is 1. The van der Waals surface area contributed by atoms with Gasteiger partial charge in [0.05, 0.1) is 0 Å². The molecule has 108 valence electrons. The van der Waals surface area contributed by atoms with Gasteiger partial charge in [0.25, 0.3) is 0 Å². The molecule has 1 N–H and O–H groups in total. The molecule has 0 aliphatic heterocycles. The maximum Gasteiger partial charge on any atom is 0.328 e. The smallest absolute Gasteiger partial charge is 0.328 e. The van der Waals surface area contributed by atoms with E-state index < -0.39 is 5.97 Å². The fourth-order valence-electron chi connectivity index (χ4n) is 2.19. The highest BCUT2D eigenvalue weighted by Gasteiger charge is 2.30. The summed E-state index contributed by atoms with van der Waals surface area (Å²) in [7, 11) is 0. The van der Waals surface area contributed by atoms with Crippen LogP contribution in [0.3, 0.4) is 0 Å². The van der Waals surface area contributed by atoms with Crippen molar-refractivity contribution >= 4 is 17.9 Å². The maximum absolute atomic E-state index is 10.7. The van der Waals surface area contributed by atoms with E-state index in [0.29, 0.717) is 12.0 Å². The predicted molar refractivity (Wildman–Crippen MR) is 80.7 cm³/mol. The molecule has 4 nitrogen and oxygen atoms in total. The van der Waals surface area contributed by atoms with Crippen LogP contribution in [0.4, 0.5) is 5.82 Å². The van der Waals surface area contributed by atoms with Crippen LogP contribution in [0, 0.1) is 5.92 Å². The van der Waals surface area contributed by atoms with E-state index in [0.717, 1.165) is 24.3 Å². The van der Waals surface area contributed by atoms with Gasteiger partial charge in [-0.25, -0.2) is 9.78 Å². The maximum atomic E-state index is 10.7. The van der Waals surface area contributed by atoms with Gasteiger partial charge in [0.1, 0.15) is 5.82 Å². The van der Waals surface area contributed by atoms with Crippen LogP contribution in [0.1, 0.15) is 38.7 Å². The first kappa shape index (κ1) is 14.6. The molecule has 1 saturated carbocycles. The van der Waals surface area contributed by atoms with Crippen molar-refractivity contribution in [2.24, 2.45) is 5.92 Å². The van der Waals surface area contributed by atoms with Gasteiger partial charge in [-0.3, -0.25) is 0 Å². The first-order chi connectivity index (χ1) is 9.58. The molecule has 0 spiro atoms. The quantitative estimate of drug-likeness (QED) is 0.776. The van der Waals surface area contributed by atoms with E-state index in [1.54, 1.807) is 12.3 Å². The molecule has 0 bridgehead atoms. The van der Waals surface area contributed by atoms with Crippen molar-refractivity contribution in [2.45, 2.75) is 39.2 Å². The summed E-state index contributed by atoms with van der Waals surface area (Å²) in [5.74, 6) is 0.631. The lowest BCUT2D eigenvalue weighted by atomic mass is 10.1. The Balaban J connectivity index is 2.21. The minimum atomic E-state index is -0.931. The molecule has 1 aromatic heterocycles. The van der Waals surface area contributed by atoms with Crippen LogP contribution in [0.25, 0.3) is 6.08 Å². The number of aliphatic carboxylic acids is 1. The topological polar surface area (TPSA) is 53.4 Å². The molecule has 1 aliphatic carbocycles. The number of carboxylic acids is 1. The summed E-state index contributed by atoms with van der Waals surface area (Å²) < 4.78 is 0. The van der Waals surface area contributed by atoms with Crippen molar-refractivity contribution in [3.8, 4) is 0 Å². The summed E-state index contributed by atoms with van der Waals surface area (Å²) >= 11 is 0. The number of anilines is 1. The first-order valence-electron chi connectivity index (χ1n) is 7.20. The normalized spacial score (nSPS) is 14.9. The Morgan fingerprint density at radius 2 is 2.30 bits per heavy atom. The highest BCUT2D eigenvalue weighted by Crippen LogP contribution is 2.33. The van der Waals surface area contributed by atoms with Crippen LogP contribution >= 0.6 is 0 Å². The van der Waals surface area contributed by atoms with E-state index >= 15 is 0 Å². The van der Waals surface area contributed by atoms with Gasteiger partial charge in [0, 0.05) is 30.4 Å². The number of nitrogens with zero attached hydrogens (tertiary/aromatic N) is 2. The second-order valence-corrected chi connectivity index (χ2v) is 5.69. The minimum absolute atomic E-state index is 0.570. The summed E-state index contributed by atoms with van der Waals surface area (Å²) in [6.45, 7) is 5.41. The molecule has 0 aromatic carbocycles. The molecule has 20 heavy (non-hydrogen) atoms. The third-order valence-electron chi connectivity index (χ3n) is 3.43. The summed E-state index contributed by atoms with van der Waals surface area (Å²) in [5, 5.41) is 8.78. The standard InChI is InChI=1S/C16H22N2O2/c1-12(2)9-11-18(14-6-7-14)16-13(4-3-10-17-16)5-8-15(19)20/h3-5,8,10,12,14H,6-7,9,11H2,1-2H3,(H,19,20)/b8-5+.